The molecule has 104 valence electrons. The molecule has 1 nitrogen and oxygen atoms in total. The first-order valence-electron chi connectivity index (χ1n) is 7.37. The van der Waals surface area contributed by atoms with Crippen LogP contribution in [0.2, 0.25) is 0 Å². The molecule has 1 aliphatic rings. The minimum atomic E-state index is -0.184. The highest BCUT2D eigenvalue weighted by atomic mass is 19.1. The highest BCUT2D eigenvalue weighted by Crippen LogP contribution is 2.23. The van der Waals surface area contributed by atoms with Crippen molar-refractivity contribution >= 4 is 0 Å². The van der Waals surface area contributed by atoms with Gasteiger partial charge in [-0.3, -0.25) is 0 Å². The molecule has 1 heterocycles. The second-order valence-electron chi connectivity index (χ2n) is 5.60. The Kier molecular flexibility index (Phi) is 4.12. The van der Waals surface area contributed by atoms with Crippen LogP contribution < -0.4 is 5.32 Å². The van der Waals surface area contributed by atoms with E-state index in [1.165, 1.54) is 37.0 Å². The Labute approximate surface area is 119 Å². The van der Waals surface area contributed by atoms with Crippen LogP contribution in [0.1, 0.15) is 18.4 Å². The Morgan fingerprint density at radius 2 is 1.40 bits per heavy atom. The summed E-state index contributed by atoms with van der Waals surface area (Å²) in [7, 11) is 0. The van der Waals surface area contributed by atoms with Crippen LogP contribution in [-0.4, -0.2) is 13.1 Å². The Balaban J connectivity index is 1.69. The monoisotopic (exact) mass is 269 g/mol. The molecule has 1 N–H and O–H groups in total. The normalized spacial score (nSPS) is 16.2. The number of benzene rings is 2. The van der Waals surface area contributed by atoms with E-state index in [1.807, 2.05) is 12.1 Å². The van der Waals surface area contributed by atoms with E-state index < -0.39 is 0 Å². The third-order valence-corrected chi connectivity index (χ3v) is 4.11. The molecule has 20 heavy (non-hydrogen) atoms. The number of hydrogen-bond acceptors (Lipinski definition) is 1. The first-order chi connectivity index (χ1) is 9.81. The van der Waals surface area contributed by atoms with E-state index >= 15 is 0 Å². The molecular formula is C18H20FN. The molecule has 0 spiro atoms. The largest absolute Gasteiger partial charge is 0.317 e. The van der Waals surface area contributed by atoms with Crippen molar-refractivity contribution in [2.45, 2.75) is 19.3 Å². The number of piperidine rings is 1. The van der Waals surface area contributed by atoms with Crippen molar-refractivity contribution in [2.75, 3.05) is 13.1 Å². The molecule has 1 aliphatic heterocycles. The van der Waals surface area contributed by atoms with Gasteiger partial charge in [0.2, 0.25) is 0 Å². The third kappa shape index (κ3) is 3.26. The van der Waals surface area contributed by atoms with E-state index in [4.69, 9.17) is 0 Å². The van der Waals surface area contributed by atoms with Crippen LogP contribution >= 0.6 is 0 Å². The molecule has 0 saturated carbocycles. The number of halogens is 1. The number of hydrogen-bond donors (Lipinski definition) is 1. The highest BCUT2D eigenvalue weighted by molar-refractivity contribution is 5.63. The Morgan fingerprint density at radius 3 is 2.00 bits per heavy atom. The van der Waals surface area contributed by atoms with Crippen molar-refractivity contribution in [3.05, 3.63) is 59.9 Å². The van der Waals surface area contributed by atoms with Crippen molar-refractivity contribution in [1.82, 2.24) is 5.32 Å². The van der Waals surface area contributed by atoms with Crippen molar-refractivity contribution in [3.8, 4) is 11.1 Å². The summed E-state index contributed by atoms with van der Waals surface area (Å²) < 4.78 is 12.9. The molecule has 0 unspecified atom stereocenters. The lowest BCUT2D eigenvalue weighted by Crippen LogP contribution is -2.28. The fourth-order valence-electron chi connectivity index (χ4n) is 2.89. The third-order valence-electron chi connectivity index (χ3n) is 4.11. The highest BCUT2D eigenvalue weighted by Gasteiger charge is 2.13. The van der Waals surface area contributed by atoms with Crippen LogP contribution in [0.5, 0.6) is 0 Å². The van der Waals surface area contributed by atoms with Gasteiger partial charge in [-0.25, -0.2) is 4.39 Å². The predicted octanol–water partition coefficient (Wildman–Crippen LogP) is 4.03. The van der Waals surface area contributed by atoms with Crippen molar-refractivity contribution in [3.63, 3.8) is 0 Å². The summed E-state index contributed by atoms with van der Waals surface area (Å²) in [6.45, 7) is 2.30. The number of rotatable bonds is 3. The summed E-state index contributed by atoms with van der Waals surface area (Å²) in [5.41, 5.74) is 3.63. The lowest BCUT2D eigenvalue weighted by atomic mass is 9.90. The van der Waals surface area contributed by atoms with E-state index in [2.05, 4.69) is 29.6 Å². The quantitative estimate of drug-likeness (QED) is 0.887. The fraction of sp³-hybridized carbons (Fsp3) is 0.333. The molecule has 2 heteroatoms. The summed E-state index contributed by atoms with van der Waals surface area (Å²) in [6, 6.07) is 15.4. The SMILES string of the molecule is Fc1ccc(-c2ccc(CC3CCNCC3)cc2)cc1. The Hall–Kier alpha value is -1.67. The summed E-state index contributed by atoms with van der Waals surface area (Å²) >= 11 is 0. The summed E-state index contributed by atoms with van der Waals surface area (Å²) in [4.78, 5) is 0. The van der Waals surface area contributed by atoms with Crippen molar-refractivity contribution in [2.24, 2.45) is 5.92 Å². The lowest BCUT2D eigenvalue weighted by Gasteiger charge is -2.22. The average molecular weight is 269 g/mol. The van der Waals surface area contributed by atoms with Gasteiger partial charge in [0.25, 0.3) is 0 Å². The van der Waals surface area contributed by atoms with Gasteiger partial charge in [-0.05, 0) is 67.1 Å². The van der Waals surface area contributed by atoms with Gasteiger partial charge in [0.05, 0.1) is 0 Å². The minimum Gasteiger partial charge on any atom is -0.317 e. The molecule has 0 atom stereocenters. The first kappa shape index (κ1) is 13.3. The van der Waals surface area contributed by atoms with Crippen LogP contribution in [0.15, 0.2) is 48.5 Å². The van der Waals surface area contributed by atoms with Gasteiger partial charge >= 0.3 is 0 Å². The smallest absolute Gasteiger partial charge is 0.123 e. The first-order valence-corrected chi connectivity index (χ1v) is 7.37. The van der Waals surface area contributed by atoms with Gasteiger partial charge in [0.15, 0.2) is 0 Å². The molecule has 0 amide bonds. The van der Waals surface area contributed by atoms with Gasteiger partial charge in [-0.2, -0.15) is 0 Å². The summed E-state index contributed by atoms with van der Waals surface area (Å²) in [6.07, 6.45) is 3.73. The topological polar surface area (TPSA) is 12.0 Å². The summed E-state index contributed by atoms with van der Waals surface area (Å²) in [5, 5.41) is 3.41. The Morgan fingerprint density at radius 1 is 0.850 bits per heavy atom. The summed E-state index contributed by atoms with van der Waals surface area (Å²) in [5.74, 6) is 0.629. The van der Waals surface area contributed by atoms with Crippen LogP contribution in [0.4, 0.5) is 4.39 Å². The molecule has 0 radical (unpaired) electrons. The van der Waals surface area contributed by atoms with Gasteiger partial charge < -0.3 is 5.32 Å². The van der Waals surface area contributed by atoms with E-state index in [-0.39, 0.29) is 5.82 Å². The van der Waals surface area contributed by atoms with Crippen molar-refractivity contribution < 1.29 is 4.39 Å². The molecule has 1 saturated heterocycles. The zero-order chi connectivity index (χ0) is 13.8. The van der Waals surface area contributed by atoms with Gasteiger partial charge in [-0.1, -0.05) is 36.4 Å². The van der Waals surface area contributed by atoms with E-state index in [9.17, 15) is 4.39 Å². The minimum absolute atomic E-state index is 0.184. The van der Waals surface area contributed by atoms with Crippen LogP contribution in [0, 0.1) is 11.7 Å². The molecule has 3 rings (SSSR count). The molecule has 2 aromatic carbocycles. The zero-order valence-corrected chi connectivity index (χ0v) is 11.6. The van der Waals surface area contributed by atoms with E-state index in [1.54, 1.807) is 0 Å². The molecule has 0 aliphatic carbocycles. The Bertz CT molecular complexity index is 539. The maximum Gasteiger partial charge on any atom is 0.123 e. The number of nitrogens with one attached hydrogen (secondary N) is 1. The maximum atomic E-state index is 12.9. The van der Waals surface area contributed by atoms with E-state index in [0.29, 0.717) is 0 Å². The fourth-order valence-corrected chi connectivity index (χ4v) is 2.89. The standard InChI is InChI=1S/C18H20FN/c19-18-7-5-17(6-8-18)16-3-1-14(2-4-16)13-15-9-11-20-12-10-15/h1-8,15,20H,9-13H2. The molecule has 0 aromatic heterocycles. The molecular weight excluding hydrogens is 249 g/mol. The van der Waals surface area contributed by atoms with Crippen LogP contribution in [-0.2, 0) is 6.42 Å². The van der Waals surface area contributed by atoms with Gasteiger partial charge in [0, 0.05) is 0 Å². The molecule has 2 aromatic rings. The van der Waals surface area contributed by atoms with Gasteiger partial charge in [-0.15, -0.1) is 0 Å². The second kappa shape index (κ2) is 6.19. The second-order valence-corrected chi connectivity index (χ2v) is 5.60. The van der Waals surface area contributed by atoms with Crippen LogP contribution in [0.3, 0.4) is 0 Å². The lowest BCUT2D eigenvalue weighted by molar-refractivity contribution is 0.372. The van der Waals surface area contributed by atoms with E-state index in [0.717, 1.165) is 30.1 Å². The average Bonchev–Trinajstić information content (AvgIpc) is 2.50. The van der Waals surface area contributed by atoms with Crippen LogP contribution in [0.25, 0.3) is 11.1 Å². The zero-order valence-electron chi connectivity index (χ0n) is 11.6. The predicted molar refractivity (Wildman–Crippen MR) is 81.1 cm³/mol. The van der Waals surface area contributed by atoms with Crippen molar-refractivity contribution in [1.29, 1.82) is 0 Å². The molecule has 0 bridgehead atoms. The molecule has 1 fully saturated rings. The van der Waals surface area contributed by atoms with Gasteiger partial charge in [0.1, 0.15) is 5.82 Å². The maximum absolute atomic E-state index is 12.9.